The second-order valence-electron chi connectivity index (χ2n) is 11.1. The fourth-order valence-electron chi connectivity index (χ4n) is 3.93. The third-order valence-electron chi connectivity index (χ3n) is 7.16. The summed E-state index contributed by atoms with van der Waals surface area (Å²) in [6, 6.07) is 3.46. The quantitative estimate of drug-likeness (QED) is 0.231. The summed E-state index contributed by atoms with van der Waals surface area (Å²) in [6.45, 7) is 13.7. The Morgan fingerprint density at radius 1 is 1.16 bits per heavy atom. The van der Waals surface area contributed by atoms with Crippen molar-refractivity contribution in [2.45, 2.75) is 64.8 Å². The number of methoxy groups -OCH3 is 1. The van der Waals surface area contributed by atoms with Gasteiger partial charge in [0.15, 0.2) is 8.32 Å². The first-order valence-electron chi connectivity index (χ1n) is 12.5. The summed E-state index contributed by atoms with van der Waals surface area (Å²) in [4.78, 5) is 21.6. The number of anilines is 1. The van der Waals surface area contributed by atoms with E-state index in [4.69, 9.17) is 25.5 Å². The molecule has 0 spiro atoms. The van der Waals surface area contributed by atoms with Crippen LogP contribution in [0.4, 0.5) is 5.13 Å². The highest BCUT2D eigenvalue weighted by molar-refractivity contribution is 7.17. The van der Waals surface area contributed by atoms with E-state index in [1.54, 1.807) is 12.1 Å². The van der Waals surface area contributed by atoms with Crippen molar-refractivity contribution in [3.05, 3.63) is 40.9 Å². The maximum atomic E-state index is 13.2. The van der Waals surface area contributed by atoms with Crippen LogP contribution < -0.4 is 14.8 Å². The Kier molecular flexibility index (Phi) is 8.41. The normalized spacial score (nSPS) is 17.6. The van der Waals surface area contributed by atoms with Crippen LogP contribution in [0, 0.1) is 12.8 Å². The number of carbonyl (C=O) groups is 1. The summed E-state index contributed by atoms with van der Waals surface area (Å²) in [5.74, 6) is 0.540. The zero-order valence-corrected chi connectivity index (χ0v) is 25.4. The van der Waals surface area contributed by atoms with E-state index in [1.807, 2.05) is 6.92 Å². The average molecular weight is 576 g/mol. The SMILES string of the molecule is COc1cnc(Cl)cc1-c1cc(C)ncc1C(=O)Nc1nnc(OCC2CC(O[Si](C)(C)C(C)(C)C)C2)s1. The molecule has 0 saturated heterocycles. The molecule has 1 fully saturated rings. The third-order valence-corrected chi connectivity index (χ3v) is 12.7. The lowest BCUT2D eigenvalue weighted by Gasteiger charge is -2.44. The van der Waals surface area contributed by atoms with Crippen molar-refractivity contribution in [1.82, 2.24) is 20.2 Å². The lowest BCUT2D eigenvalue weighted by atomic mass is 9.83. The summed E-state index contributed by atoms with van der Waals surface area (Å²) >= 11 is 7.31. The molecule has 9 nitrogen and oxygen atoms in total. The number of ether oxygens (including phenoxy) is 2. The fraction of sp³-hybridized carbons (Fsp3) is 0.500. The highest BCUT2D eigenvalue weighted by Crippen LogP contribution is 2.42. The Morgan fingerprint density at radius 2 is 1.89 bits per heavy atom. The van der Waals surface area contributed by atoms with E-state index in [0.29, 0.717) is 51.4 Å². The van der Waals surface area contributed by atoms with E-state index in [1.165, 1.54) is 30.8 Å². The van der Waals surface area contributed by atoms with Crippen LogP contribution in [0.5, 0.6) is 10.9 Å². The van der Waals surface area contributed by atoms with Gasteiger partial charge in [-0.15, -0.1) is 5.10 Å². The van der Waals surface area contributed by atoms with Gasteiger partial charge in [0.25, 0.3) is 11.1 Å². The second kappa shape index (κ2) is 11.2. The van der Waals surface area contributed by atoms with Gasteiger partial charge in [0.1, 0.15) is 10.9 Å². The Labute approximate surface area is 233 Å². The molecule has 1 N–H and O–H groups in total. The van der Waals surface area contributed by atoms with E-state index in [2.05, 4.69) is 59.3 Å². The molecule has 1 saturated carbocycles. The minimum absolute atomic E-state index is 0.203. The van der Waals surface area contributed by atoms with Crippen molar-refractivity contribution >= 4 is 42.3 Å². The summed E-state index contributed by atoms with van der Waals surface area (Å²) in [7, 11) is -0.217. The Hall–Kier alpha value is -2.60. The van der Waals surface area contributed by atoms with Gasteiger partial charge in [-0.2, -0.15) is 0 Å². The number of nitrogens with zero attached hydrogens (tertiary/aromatic N) is 4. The summed E-state index contributed by atoms with van der Waals surface area (Å²) in [5.41, 5.74) is 2.35. The number of rotatable bonds is 9. The zero-order chi connectivity index (χ0) is 27.7. The highest BCUT2D eigenvalue weighted by atomic mass is 35.5. The summed E-state index contributed by atoms with van der Waals surface area (Å²) < 4.78 is 17.8. The molecule has 0 radical (unpaired) electrons. The first kappa shape index (κ1) is 28.4. The van der Waals surface area contributed by atoms with Gasteiger partial charge in [-0.05, 0) is 67.3 Å². The largest absolute Gasteiger partial charge is 0.494 e. The number of hydrogen-bond acceptors (Lipinski definition) is 9. The molecule has 0 aromatic carbocycles. The van der Waals surface area contributed by atoms with E-state index in [-0.39, 0.29) is 16.1 Å². The monoisotopic (exact) mass is 575 g/mol. The van der Waals surface area contributed by atoms with E-state index < -0.39 is 8.32 Å². The molecule has 1 amide bonds. The summed E-state index contributed by atoms with van der Waals surface area (Å²) in [6.07, 6.45) is 5.32. The van der Waals surface area contributed by atoms with Gasteiger partial charge in [-0.3, -0.25) is 15.1 Å². The van der Waals surface area contributed by atoms with E-state index in [9.17, 15) is 4.79 Å². The van der Waals surface area contributed by atoms with Crippen molar-refractivity contribution in [2.75, 3.05) is 19.0 Å². The van der Waals surface area contributed by atoms with Crippen molar-refractivity contribution in [3.8, 4) is 22.1 Å². The Morgan fingerprint density at radius 3 is 2.58 bits per heavy atom. The molecule has 1 aliphatic rings. The molecule has 3 aromatic rings. The number of aromatic nitrogens is 4. The van der Waals surface area contributed by atoms with Crippen LogP contribution in [0.2, 0.25) is 23.3 Å². The van der Waals surface area contributed by atoms with Gasteiger partial charge in [0.2, 0.25) is 5.13 Å². The van der Waals surface area contributed by atoms with Crippen LogP contribution in [0.15, 0.2) is 24.5 Å². The predicted octanol–water partition coefficient (Wildman–Crippen LogP) is 6.40. The first-order chi connectivity index (χ1) is 17.9. The average Bonchev–Trinajstić information content (AvgIpc) is 3.26. The van der Waals surface area contributed by atoms with Crippen molar-refractivity contribution in [3.63, 3.8) is 0 Å². The topological polar surface area (TPSA) is 108 Å². The molecule has 0 bridgehead atoms. The molecule has 0 aliphatic heterocycles. The van der Waals surface area contributed by atoms with Gasteiger partial charge in [0, 0.05) is 29.1 Å². The van der Waals surface area contributed by atoms with E-state index >= 15 is 0 Å². The number of nitrogens with one attached hydrogen (secondary N) is 1. The van der Waals surface area contributed by atoms with Crippen LogP contribution >= 0.6 is 22.9 Å². The number of hydrogen-bond donors (Lipinski definition) is 1. The molecule has 4 rings (SSSR count). The van der Waals surface area contributed by atoms with E-state index in [0.717, 1.165) is 18.5 Å². The predicted molar refractivity (Wildman–Crippen MR) is 152 cm³/mol. The minimum atomic E-state index is -1.75. The first-order valence-corrected chi connectivity index (χ1v) is 16.6. The third kappa shape index (κ3) is 6.51. The summed E-state index contributed by atoms with van der Waals surface area (Å²) in [5, 5.41) is 12.2. The molecule has 3 heterocycles. The van der Waals surface area contributed by atoms with Gasteiger partial charge in [-0.25, -0.2) is 4.98 Å². The van der Waals surface area contributed by atoms with Crippen LogP contribution in [0.25, 0.3) is 11.1 Å². The Balaban J connectivity index is 1.36. The van der Waals surface area contributed by atoms with Crippen LogP contribution in [-0.2, 0) is 4.43 Å². The zero-order valence-electron chi connectivity index (χ0n) is 22.8. The second-order valence-corrected chi connectivity index (χ2v) is 17.1. The van der Waals surface area contributed by atoms with Gasteiger partial charge >= 0.3 is 0 Å². The highest BCUT2D eigenvalue weighted by Gasteiger charge is 2.42. The maximum Gasteiger partial charge on any atom is 0.295 e. The van der Waals surface area contributed by atoms with Gasteiger partial charge in [0.05, 0.1) is 25.5 Å². The van der Waals surface area contributed by atoms with Gasteiger partial charge < -0.3 is 13.9 Å². The van der Waals surface area contributed by atoms with Crippen LogP contribution in [-0.4, -0.2) is 54.2 Å². The fourth-order valence-corrected chi connectivity index (χ4v) is 6.06. The lowest BCUT2D eigenvalue weighted by Crippen LogP contribution is -2.48. The molecular formula is C26H34ClN5O4SSi. The molecular weight excluding hydrogens is 542 g/mol. The smallest absolute Gasteiger partial charge is 0.295 e. The number of aryl methyl sites for hydroxylation is 1. The molecule has 0 unspecified atom stereocenters. The lowest BCUT2D eigenvalue weighted by molar-refractivity contribution is 0.0287. The number of pyridine rings is 2. The molecule has 3 aromatic heterocycles. The molecule has 12 heteroatoms. The van der Waals surface area contributed by atoms with Crippen molar-refractivity contribution < 1.29 is 18.7 Å². The number of carbonyl (C=O) groups excluding carboxylic acids is 1. The molecule has 1 aliphatic carbocycles. The van der Waals surface area contributed by atoms with Crippen LogP contribution in [0.3, 0.4) is 0 Å². The minimum Gasteiger partial charge on any atom is -0.494 e. The van der Waals surface area contributed by atoms with Crippen molar-refractivity contribution in [1.29, 1.82) is 0 Å². The van der Waals surface area contributed by atoms with Gasteiger partial charge in [-0.1, -0.05) is 37.5 Å². The number of halogens is 1. The standard InChI is InChI=1S/C26H34ClN5O4SSi/c1-15-8-18(19-11-22(27)29-13-21(19)34-5)20(12-28-15)23(33)30-24-31-32-25(37-24)35-14-16-9-17(10-16)36-38(6,7)26(2,3)4/h8,11-13,16-17H,9-10,14H2,1-7H3,(H,30,31,33). The molecule has 0 atom stereocenters. The molecule has 38 heavy (non-hydrogen) atoms. The Bertz CT molecular complexity index is 1310. The molecule has 204 valence electrons. The van der Waals surface area contributed by atoms with Crippen LogP contribution in [0.1, 0.15) is 49.7 Å². The number of amides is 1. The van der Waals surface area contributed by atoms with Crippen molar-refractivity contribution in [2.24, 2.45) is 5.92 Å². The maximum absolute atomic E-state index is 13.2.